The van der Waals surface area contributed by atoms with Crippen molar-refractivity contribution in [1.82, 2.24) is 5.32 Å². The van der Waals surface area contributed by atoms with Gasteiger partial charge in [0.25, 0.3) is 0 Å². The van der Waals surface area contributed by atoms with Crippen molar-refractivity contribution in [2.75, 3.05) is 37.9 Å². The van der Waals surface area contributed by atoms with Gasteiger partial charge in [-0.05, 0) is 61.2 Å². The van der Waals surface area contributed by atoms with Gasteiger partial charge in [-0.2, -0.15) is 0 Å². The second-order valence-corrected chi connectivity index (χ2v) is 8.85. The number of nitrogens with zero attached hydrogens (tertiary/aromatic N) is 1. The van der Waals surface area contributed by atoms with E-state index in [4.69, 9.17) is 9.47 Å². The highest BCUT2D eigenvalue weighted by Crippen LogP contribution is 2.22. The molecule has 8 heteroatoms. The van der Waals surface area contributed by atoms with Gasteiger partial charge in [0.15, 0.2) is 0 Å². The zero-order valence-electron chi connectivity index (χ0n) is 17.8. The monoisotopic (exact) mass is 434 g/mol. The third-order valence-electron chi connectivity index (χ3n) is 4.65. The summed E-state index contributed by atoms with van der Waals surface area (Å²) in [4.78, 5) is 12.1. The SMILES string of the molecule is COc1ccc(CCCNC(=O)CCCN(c2ccc(OC)cc2)S(C)(=O)=O)cc1. The van der Waals surface area contributed by atoms with Crippen LogP contribution < -0.4 is 19.1 Å². The molecule has 2 aromatic rings. The standard InChI is InChI=1S/C22H30N2O5S/c1-28-20-12-8-18(9-13-20)6-4-16-23-22(25)7-5-17-24(30(3,26)27)19-10-14-21(29-2)15-11-19/h8-15H,4-7,16-17H2,1-3H3,(H,23,25). The molecule has 0 fully saturated rings. The van der Waals surface area contributed by atoms with E-state index in [1.807, 2.05) is 24.3 Å². The van der Waals surface area contributed by atoms with E-state index in [9.17, 15) is 13.2 Å². The first kappa shape index (κ1) is 23.5. The number of anilines is 1. The summed E-state index contributed by atoms with van der Waals surface area (Å²) in [6.45, 7) is 0.823. The topological polar surface area (TPSA) is 84.9 Å². The second kappa shape index (κ2) is 11.4. The Hall–Kier alpha value is -2.74. The van der Waals surface area contributed by atoms with E-state index in [1.165, 1.54) is 9.87 Å². The van der Waals surface area contributed by atoms with Gasteiger partial charge in [-0.15, -0.1) is 0 Å². The molecule has 1 amide bonds. The van der Waals surface area contributed by atoms with E-state index < -0.39 is 10.0 Å². The summed E-state index contributed by atoms with van der Waals surface area (Å²) in [6, 6.07) is 14.7. The lowest BCUT2D eigenvalue weighted by molar-refractivity contribution is -0.121. The number of amides is 1. The highest BCUT2D eigenvalue weighted by Gasteiger charge is 2.17. The lowest BCUT2D eigenvalue weighted by Crippen LogP contribution is -2.32. The minimum absolute atomic E-state index is 0.0760. The molecule has 2 aromatic carbocycles. The van der Waals surface area contributed by atoms with Crippen LogP contribution >= 0.6 is 0 Å². The van der Waals surface area contributed by atoms with Crippen molar-refractivity contribution < 1.29 is 22.7 Å². The third kappa shape index (κ3) is 7.59. The molecular weight excluding hydrogens is 404 g/mol. The van der Waals surface area contributed by atoms with E-state index >= 15 is 0 Å². The van der Waals surface area contributed by atoms with Crippen LogP contribution in [0.2, 0.25) is 0 Å². The Morgan fingerprint density at radius 1 is 0.933 bits per heavy atom. The van der Waals surface area contributed by atoms with Gasteiger partial charge in [-0.1, -0.05) is 12.1 Å². The van der Waals surface area contributed by atoms with Crippen molar-refractivity contribution in [1.29, 1.82) is 0 Å². The van der Waals surface area contributed by atoms with Crippen molar-refractivity contribution in [2.24, 2.45) is 0 Å². The normalized spacial score (nSPS) is 11.0. The second-order valence-electron chi connectivity index (χ2n) is 6.94. The fourth-order valence-electron chi connectivity index (χ4n) is 3.02. The van der Waals surface area contributed by atoms with Crippen molar-refractivity contribution in [2.45, 2.75) is 25.7 Å². The average molecular weight is 435 g/mol. The van der Waals surface area contributed by atoms with Gasteiger partial charge in [0.2, 0.25) is 15.9 Å². The molecule has 0 saturated heterocycles. The van der Waals surface area contributed by atoms with Crippen molar-refractivity contribution in [3.63, 3.8) is 0 Å². The van der Waals surface area contributed by atoms with E-state index in [2.05, 4.69) is 5.32 Å². The molecule has 0 aliphatic carbocycles. The van der Waals surface area contributed by atoms with Crippen LogP contribution in [0.5, 0.6) is 11.5 Å². The van der Waals surface area contributed by atoms with E-state index in [1.54, 1.807) is 38.5 Å². The maximum Gasteiger partial charge on any atom is 0.232 e. The number of carbonyl (C=O) groups is 1. The van der Waals surface area contributed by atoms with Gasteiger partial charge in [0.1, 0.15) is 11.5 Å². The number of methoxy groups -OCH3 is 2. The molecule has 0 radical (unpaired) electrons. The Labute approximate surface area is 179 Å². The Kier molecular flexibility index (Phi) is 8.98. The van der Waals surface area contributed by atoms with Crippen molar-refractivity contribution >= 4 is 21.6 Å². The third-order valence-corrected chi connectivity index (χ3v) is 5.84. The molecular formula is C22H30N2O5S. The molecule has 0 atom stereocenters. The van der Waals surface area contributed by atoms with Gasteiger partial charge in [-0.3, -0.25) is 9.10 Å². The van der Waals surface area contributed by atoms with Crippen molar-refractivity contribution in [3.05, 3.63) is 54.1 Å². The van der Waals surface area contributed by atoms with Crippen LogP contribution in [0.4, 0.5) is 5.69 Å². The largest absolute Gasteiger partial charge is 0.497 e. The Morgan fingerprint density at radius 2 is 1.50 bits per heavy atom. The van der Waals surface area contributed by atoms with Crippen LogP contribution in [-0.4, -0.2) is 47.9 Å². The smallest absolute Gasteiger partial charge is 0.232 e. The number of aryl methyl sites for hydroxylation is 1. The number of rotatable bonds is 12. The quantitative estimate of drug-likeness (QED) is 0.519. The summed E-state index contributed by atoms with van der Waals surface area (Å²) in [5, 5.41) is 2.89. The summed E-state index contributed by atoms with van der Waals surface area (Å²) in [6.07, 6.45) is 3.56. The van der Waals surface area contributed by atoms with Crippen LogP contribution in [0.1, 0.15) is 24.8 Å². The summed E-state index contributed by atoms with van der Waals surface area (Å²) in [5.41, 5.74) is 1.74. The molecule has 0 heterocycles. The zero-order chi connectivity index (χ0) is 22.0. The van der Waals surface area contributed by atoms with Gasteiger partial charge in [0.05, 0.1) is 26.2 Å². The number of hydrogen-bond acceptors (Lipinski definition) is 5. The van der Waals surface area contributed by atoms with E-state index in [0.29, 0.717) is 24.4 Å². The molecule has 0 aliphatic heterocycles. The van der Waals surface area contributed by atoms with Crippen LogP contribution in [0.3, 0.4) is 0 Å². The highest BCUT2D eigenvalue weighted by molar-refractivity contribution is 7.92. The number of nitrogens with one attached hydrogen (secondary N) is 1. The molecule has 7 nitrogen and oxygen atoms in total. The zero-order valence-corrected chi connectivity index (χ0v) is 18.6. The molecule has 0 bridgehead atoms. The van der Waals surface area contributed by atoms with Crippen LogP contribution in [-0.2, 0) is 21.2 Å². The molecule has 0 spiro atoms. The highest BCUT2D eigenvalue weighted by atomic mass is 32.2. The summed E-state index contributed by atoms with van der Waals surface area (Å²) < 4.78 is 35.8. The number of carbonyl (C=O) groups excluding carboxylic acids is 1. The van der Waals surface area contributed by atoms with E-state index in [-0.39, 0.29) is 18.9 Å². The first-order chi connectivity index (χ1) is 14.3. The maximum atomic E-state index is 12.1. The molecule has 0 unspecified atom stereocenters. The number of benzene rings is 2. The predicted molar refractivity (Wildman–Crippen MR) is 119 cm³/mol. The molecule has 164 valence electrons. The summed E-state index contributed by atoms with van der Waals surface area (Å²) >= 11 is 0. The molecule has 30 heavy (non-hydrogen) atoms. The number of hydrogen-bond donors (Lipinski definition) is 1. The van der Waals surface area contributed by atoms with Gasteiger partial charge < -0.3 is 14.8 Å². The minimum Gasteiger partial charge on any atom is -0.497 e. The lowest BCUT2D eigenvalue weighted by atomic mass is 10.1. The summed E-state index contributed by atoms with van der Waals surface area (Å²) in [5.74, 6) is 1.40. The first-order valence-electron chi connectivity index (χ1n) is 9.85. The van der Waals surface area contributed by atoms with Gasteiger partial charge in [0, 0.05) is 19.5 Å². The molecule has 2 rings (SSSR count). The van der Waals surface area contributed by atoms with E-state index in [0.717, 1.165) is 24.8 Å². The lowest BCUT2D eigenvalue weighted by Gasteiger charge is -2.22. The molecule has 0 aliphatic rings. The van der Waals surface area contributed by atoms with Crippen LogP contribution in [0, 0.1) is 0 Å². The Morgan fingerprint density at radius 3 is 2.03 bits per heavy atom. The fraction of sp³-hybridized carbons (Fsp3) is 0.409. The maximum absolute atomic E-state index is 12.1. The molecule has 0 saturated carbocycles. The number of ether oxygens (including phenoxy) is 2. The van der Waals surface area contributed by atoms with Crippen LogP contribution in [0.25, 0.3) is 0 Å². The van der Waals surface area contributed by atoms with Gasteiger partial charge >= 0.3 is 0 Å². The summed E-state index contributed by atoms with van der Waals surface area (Å²) in [7, 11) is -0.250. The van der Waals surface area contributed by atoms with Crippen molar-refractivity contribution in [3.8, 4) is 11.5 Å². The number of sulfonamides is 1. The fourth-order valence-corrected chi connectivity index (χ4v) is 3.98. The molecule has 0 aromatic heterocycles. The van der Waals surface area contributed by atoms with Gasteiger partial charge in [-0.25, -0.2) is 8.42 Å². The predicted octanol–water partition coefficient (Wildman–Crippen LogP) is 3.00. The average Bonchev–Trinajstić information content (AvgIpc) is 2.74. The first-order valence-corrected chi connectivity index (χ1v) is 11.7. The molecule has 1 N–H and O–H groups in total. The Bertz CT molecular complexity index is 896. The Balaban J connectivity index is 1.74. The minimum atomic E-state index is -3.44. The van der Waals surface area contributed by atoms with Crippen LogP contribution in [0.15, 0.2) is 48.5 Å².